The van der Waals surface area contributed by atoms with Gasteiger partial charge in [-0.15, -0.1) is 12.4 Å². The highest BCUT2D eigenvalue weighted by atomic mass is 35.5. The molecule has 10 heteroatoms. The van der Waals surface area contributed by atoms with Crippen LogP contribution in [0, 0.1) is 0 Å². The van der Waals surface area contributed by atoms with E-state index in [9.17, 15) is 13.2 Å². The number of hydrogen-bond donors (Lipinski definition) is 2. The maximum absolute atomic E-state index is 12.6. The zero-order chi connectivity index (χ0) is 19.4. The second-order valence-electron chi connectivity index (χ2n) is 6.84. The van der Waals surface area contributed by atoms with Gasteiger partial charge in [-0.05, 0) is 37.9 Å². The van der Waals surface area contributed by atoms with Crippen LogP contribution in [-0.4, -0.2) is 65.2 Å². The Labute approximate surface area is 172 Å². The lowest BCUT2D eigenvalue weighted by Crippen LogP contribution is -2.43. The lowest BCUT2D eigenvalue weighted by atomic mass is 10.1. The molecule has 2 aliphatic rings. The minimum absolute atomic E-state index is 0. The number of amides is 1. The highest BCUT2D eigenvalue weighted by Gasteiger charge is 2.37. The zero-order valence-electron chi connectivity index (χ0n) is 16.1. The van der Waals surface area contributed by atoms with E-state index in [1.807, 2.05) is 4.90 Å². The first-order valence-electron chi connectivity index (χ1n) is 9.20. The van der Waals surface area contributed by atoms with E-state index in [1.54, 1.807) is 6.07 Å². The first-order valence-corrected chi connectivity index (χ1v) is 10.7. The third kappa shape index (κ3) is 4.89. The summed E-state index contributed by atoms with van der Waals surface area (Å²) < 4.78 is 37.8. The molecule has 1 aromatic rings. The summed E-state index contributed by atoms with van der Waals surface area (Å²) in [7, 11) is -0.795. The number of benzene rings is 1. The van der Waals surface area contributed by atoms with Crippen LogP contribution in [0.2, 0.25) is 0 Å². The summed E-state index contributed by atoms with van der Waals surface area (Å²) in [6.45, 7) is 1.81. The smallest absolute Gasteiger partial charge is 0.240 e. The van der Waals surface area contributed by atoms with Crippen LogP contribution in [0.4, 0.5) is 0 Å². The van der Waals surface area contributed by atoms with Crippen molar-refractivity contribution in [2.24, 2.45) is 0 Å². The molecule has 3 rings (SSSR count). The van der Waals surface area contributed by atoms with Crippen LogP contribution in [0.5, 0.6) is 11.5 Å². The predicted molar refractivity (Wildman–Crippen MR) is 108 cm³/mol. The first-order chi connectivity index (χ1) is 13.0. The van der Waals surface area contributed by atoms with Gasteiger partial charge in [-0.3, -0.25) is 4.79 Å². The number of fused-ring (bicyclic) bond motifs is 2. The van der Waals surface area contributed by atoms with Gasteiger partial charge in [0.05, 0.1) is 19.1 Å². The fraction of sp³-hybridized carbons (Fsp3) is 0.611. The normalized spacial score (nSPS) is 21.6. The number of carbonyl (C=O) groups is 1. The monoisotopic (exact) mass is 433 g/mol. The molecular formula is C18H28ClN3O5S. The van der Waals surface area contributed by atoms with E-state index in [2.05, 4.69) is 10.0 Å². The zero-order valence-corrected chi connectivity index (χ0v) is 17.8. The van der Waals surface area contributed by atoms with Gasteiger partial charge >= 0.3 is 0 Å². The summed E-state index contributed by atoms with van der Waals surface area (Å²) in [5, 5.41) is 3.36. The highest BCUT2D eigenvalue weighted by Crippen LogP contribution is 2.30. The molecule has 2 unspecified atom stereocenters. The summed E-state index contributed by atoms with van der Waals surface area (Å²) in [4.78, 5) is 14.7. The fourth-order valence-corrected chi connectivity index (χ4v) is 4.92. The number of halogens is 1. The Morgan fingerprint density at radius 1 is 1.18 bits per heavy atom. The minimum Gasteiger partial charge on any atom is -0.493 e. The van der Waals surface area contributed by atoms with Crippen LogP contribution in [-0.2, 0) is 14.8 Å². The van der Waals surface area contributed by atoms with Crippen LogP contribution >= 0.6 is 12.4 Å². The topological polar surface area (TPSA) is 97.0 Å². The number of sulfonamides is 1. The number of ether oxygens (including phenoxy) is 2. The van der Waals surface area contributed by atoms with E-state index in [1.165, 1.54) is 26.4 Å². The summed E-state index contributed by atoms with van der Waals surface area (Å²) in [6.07, 6.45) is 3.16. The van der Waals surface area contributed by atoms with Gasteiger partial charge in [-0.1, -0.05) is 0 Å². The Morgan fingerprint density at radius 2 is 1.89 bits per heavy atom. The molecule has 0 spiro atoms. The van der Waals surface area contributed by atoms with Gasteiger partial charge in [0.25, 0.3) is 0 Å². The number of methoxy groups -OCH3 is 2. The molecule has 0 aromatic heterocycles. The lowest BCUT2D eigenvalue weighted by molar-refractivity contribution is -0.133. The van der Waals surface area contributed by atoms with Crippen LogP contribution in [0.1, 0.15) is 25.7 Å². The van der Waals surface area contributed by atoms with Crippen molar-refractivity contribution < 1.29 is 22.7 Å². The molecule has 2 fully saturated rings. The molecule has 28 heavy (non-hydrogen) atoms. The Kier molecular flexibility index (Phi) is 7.94. The second-order valence-corrected chi connectivity index (χ2v) is 8.61. The first kappa shape index (κ1) is 22.7. The maximum atomic E-state index is 12.6. The standard InChI is InChI=1S/C18H27N3O5S.ClH/c1-25-16-6-5-15(11-17(16)26-2)27(23,24)20-10-8-18(22)21-13-3-4-14(21)12-19-9-7-13;/h5-6,11,13-14,19-20H,3-4,7-10,12H2,1-2H3;1H. The fourth-order valence-electron chi connectivity index (χ4n) is 3.88. The van der Waals surface area contributed by atoms with E-state index >= 15 is 0 Å². The van der Waals surface area contributed by atoms with Crippen molar-refractivity contribution in [3.8, 4) is 11.5 Å². The van der Waals surface area contributed by atoms with Crippen molar-refractivity contribution in [3.05, 3.63) is 18.2 Å². The Morgan fingerprint density at radius 3 is 2.61 bits per heavy atom. The Bertz CT molecular complexity index is 775. The van der Waals surface area contributed by atoms with E-state index in [0.717, 1.165) is 32.4 Å². The summed E-state index contributed by atoms with van der Waals surface area (Å²) in [6, 6.07) is 4.91. The molecule has 0 aliphatic carbocycles. The number of nitrogens with one attached hydrogen (secondary N) is 2. The second kappa shape index (κ2) is 9.78. The largest absolute Gasteiger partial charge is 0.493 e. The third-order valence-electron chi connectivity index (χ3n) is 5.24. The molecule has 2 heterocycles. The SMILES string of the molecule is COc1ccc(S(=O)(=O)NCCC(=O)N2C3CCNCC2CC3)cc1OC.Cl. The molecule has 2 aliphatic heterocycles. The summed E-state index contributed by atoms with van der Waals surface area (Å²) in [5.41, 5.74) is 0. The molecule has 2 N–H and O–H groups in total. The predicted octanol–water partition coefficient (Wildman–Crippen LogP) is 1.15. The molecule has 8 nitrogen and oxygen atoms in total. The van der Waals surface area contributed by atoms with Gasteiger partial charge < -0.3 is 19.7 Å². The highest BCUT2D eigenvalue weighted by molar-refractivity contribution is 7.89. The molecule has 1 aromatic carbocycles. The Hall–Kier alpha value is -1.55. The molecule has 0 radical (unpaired) electrons. The van der Waals surface area contributed by atoms with Gasteiger partial charge in [0.1, 0.15) is 0 Å². The van der Waals surface area contributed by atoms with Gasteiger partial charge in [-0.2, -0.15) is 0 Å². The molecule has 2 atom stereocenters. The molecule has 2 saturated heterocycles. The van der Waals surface area contributed by atoms with Crippen molar-refractivity contribution in [1.82, 2.24) is 14.9 Å². The third-order valence-corrected chi connectivity index (χ3v) is 6.70. The molecule has 1 amide bonds. The minimum atomic E-state index is -3.73. The summed E-state index contributed by atoms with van der Waals surface area (Å²) in [5.74, 6) is 0.809. The van der Waals surface area contributed by atoms with E-state index < -0.39 is 10.0 Å². The quantitative estimate of drug-likeness (QED) is 0.669. The van der Waals surface area contributed by atoms with Gasteiger partial charge in [-0.25, -0.2) is 13.1 Å². The molecule has 2 bridgehead atoms. The molecule has 158 valence electrons. The lowest BCUT2D eigenvalue weighted by Gasteiger charge is -2.28. The van der Waals surface area contributed by atoms with Gasteiger partial charge in [0.15, 0.2) is 11.5 Å². The van der Waals surface area contributed by atoms with E-state index in [4.69, 9.17) is 9.47 Å². The number of carbonyl (C=O) groups excluding carboxylic acids is 1. The van der Waals surface area contributed by atoms with Crippen molar-refractivity contribution in [2.45, 2.75) is 42.7 Å². The average Bonchev–Trinajstić information content (AvgIpc) is 2.93. The molecular weight excluding hydrogens is 406 g/mol. The number of nitrogens with zero attached hydrogens (tertiary/aromatic N) is 1. The summed E-state index contributed by atoms with van der Waals surface area (Å²) >= 11 is 0. The number of rotatable bonds is 7. The van der Waals surface area contributed by atoms with Crippen molar-refractivity contribution in [3.63, 3.8) is 0 Å². The van der Waals surface area contributed by atoms with Crippen LogP contribution < -0.4 is 19.5 Å². The van der Waals surface area contributed by atoms with Crippen LogP contribution in [0.3, 0.4) is 0 Å². The van der Waals surface area contributed by atoms with E-state index in [-0.39, 0.29) is 48.3 Å². The maximum Gasteiger partial charge on any atom is 0.240 e. The van der Waals surface area contributed by atoms with E-state index in [0.29, 0.717) is 11.5 Å². The Balaban J connectivity index is 0.00000280. The van der Waals surface area contributed by atoms with Crippen LogP contribution in [0.25, 0.3) is 0 Å². The van der Waals surface area contributed by atoms with Crippen molar-refractivity contribution in [2.75, 3.05) is 33.9 Å². The van der Waals surface area contributed by atoms with Crippen LogP contribution in [0.15, 0.2) is 23.1 Å². The van der Waals surface area contributed by atoms with Crippen molar-refractivity contribution in [1.29, 1.82) is 0 Å². The van der Waals surface area contributed by atoms with Crippen molar-refractivity contribution >= 4 is 28.3 Å². The average molecular weight is 434 g/mol. The number of hydrogen-bond acceptors (Lipinski definition) is 6. The molecule has 0 saturated carbocycles. The van der Waals surface area contributed by atoms with Gasteiger partial charge in [0, 0.05) is 37.7 Å². The van der Waals surface area contributed by atoms with Gasteiger partial charge in [0.2, 0.25) is 15.9 Å².